The number of ketones is 1. The average molecular weight is 285 g/mol. The maximum atomic E-state index is 11.7. The maximum absolute atomic E-state index is 11.7. The van der Waals surface area contributed by atoms with Crippen molar-refractivity contribution in [2.45, 2.75) is 13.3 Å². The number of Topliss-reactive ketones (excluding diaryl/α,β-unsaturated/α-hetero) is 1. The molecule has 0 fully saturated rings. The molecule has 0 amide bonds. The van der Waals surface area contributed by atoms with Gasteiger partial charge in [0.15, 0.2) is 5.78 Å². The minimum absolute atomic E-state index is 0.140. The number of rotatable bonds is 4. The van der Waals surface area contributed by atoms with E-state index in [0.29, 0.717) is 0 Å². The van der Waals surface area contributed by atoms with Gasteiger partial charge >= 0.3 is 5.97 Å². The standard InChI is InChI=1S/C12H13BrO3/c1-8(12(15)16-2)11(14)7-9-5-3-4-6-10(9)13/h3-6,8H,7H2,1-2H3. The molecule has 1 aromatic rings. The van der Waals surface area contributed by atoms with E-state index in [4.69, 9.17) is 0 Å². The summed E-state index contributed by atoms with van der Waals surface area (Å²) in [4.78, 5) is 22.9. The molecule has 0 aliphatic heterocycles. The van der Waals surface area contributed by atoms with Crippen molar-refractivity contribution in [2.24, 2.45) is 5.92 Å². The van der Waals surface area contributed by atoms with E-state index < -0.39 is 11.9 Å². The average Bonchev–Trinajstić information content (AvgIpc) is 2.30. The summed E-state index contributed by atoms with van der Waals surface area (Å²) >= 11 is 3.36. The van der Waals surface area contributed by atoms with Gasteiger partial charge in [0.2, 0.25) is 0 Å². The van der Waals surface area contributed by atoms with Crippen LogP contribution in [0.4, 0.5) is 0 Å². The minimum atomic E-state index is -0.711. The highest BCUT2D eigenvalue weighted by molar-refractivity contribution is 9.10. The van der Waals surface area contributed by atoms with E-state index in [0.717, 1.165) is 10.0 Å². The van der Waals surface area contributed by atoms with Crippen LogP contribution in [0.2, 0.25) is 0 Å². The van der Waals surface area contributed by atoms with Crippen molar-refractivity contribution in [1.82, 2.24) is 0 Å². The molecule has 0 heterocycles. The fourth-order valence-electron chi connectivity index (χ4n) is 1.29. The zero-order valence-corrected chi connectivity index (χ0v) is 10.8. The highest BCUT2D eigenvalue weighted by atomic mass is 79.9. The lowest BCUT2D eigenvalue weighted by molar-refractivity contribution is -0.148. The first-order chi connectivity index (χ1) is 7.56. The topological polar surface area (TPSA) is 43.4 Å². The van der Waals surface area contributed by atoms with Gasteiger partial charge in [-0.25, -0.2) is 0 Å². The second-order valence-electron chi connectivity index (χ2n) is 3.48. The Morgan fingerprint density at radius 1 is 1.38 bits per heavy atom. The molecule has 0 saturated heterocycles. The van der Waals surface area contributed by atoms with Crippen LogP contribution in [0.1, 0.15) is 12.5 Å². The molecule has 0 aliphatic carbocycles. The lowest BCUT2D eigenvalue weighted by atomic mass is 10.00. The molecule has 16 heavy (non-hydrogen) atoms. The molecule has 0 N–H and O–H groups in total. The van der Waals surface area contributed by atoms with Crippen molar-refractivity contribution in [3.63, 3.8) is 0 Å². The Morgan fingerprint density at radius 3 is 2.56 bits per heavy atom. The third-order valence-electron chi connectivity index (χ3n) is 2.36. The summed E-state index contributed by atoms with van der Waals surface area (Å²) in [5.41, 5.74) is 0.878. The molecule has 0 spiro atoms. The van der Waals surface area contributed by atoms with E-state index in [-0.39, 0.29) is 12.2 Å². The van der Waals surface area contributed by atoms with E-state index in [1.165, 1.54) is 7.11 Å². The van der Waals surface area contributed by atoms with Crippen LogP contribution in [0.15, 0.2) is 28.7 Å². The second kappa shape index (κ2) is 5.80. The SMILES string of the molecule is COC(=O)C(C)C(=O)Cc1ccccc1Br. The summed E-state index contributed by atoms with van der Waals surface area (Å²) < 4.78 is 5.40. The highest BCUT2D eigenvalue weighted by Gasteiger charge is 2.22. The van der Waals surface area contributed by atoms with E-state index in [1.807, 2.05) is 24.3 Å². The molecule has 3 nitrogen and oxygen atoms in total. The van der Waals surface area contributed by atoms with Gasteiger partial charge in [-0.05, 0) is 18.6 Å². The van der Waals surface area contributed by atoms with Crippen LogP contribution in [0.5, 0.6) is 0 Å². The van der Waals surface area contributed by atoms with Gasteiger partial charge in [0.25, 0.3) is 0 Å². The summed E-state index contributed by atoms with van der Waals surface area (Å²) in [6.07, 6.45) is 0.234. The molecule has 0 aromatic heterocycles. The van der Waals surface area contributed by atoms with Crippen LogP contribution in [-0.4, -0.2) is 18.9 Å². The Balaban J connectivity index is 2.72. The summed E-state index contributed by atoms with van der Waals surface area (Å²) in [6.45, 7) is 1.56. The van der Waals surface area contributed by atoms with Gasteiger partial charge in [-0.1, -0.05) is 34.1 Å². The number of ether oxygens (including phenoxy) is 1. The molecule has 1 atom stereocenters. The van der Waals surface area contributed by atoms with Crippen molar-refractivity contribution < 1.29 is 14.3 Å². The van der Waals surface area contributed by atoms with Gasteiger partial charge in [0.1, 0.15) is 5.92 Å². The predicted octanol–water partition coefficient (Wildman–Crippen LogP) is 2.37. The van der Waals surface area contributed by atoms with Gasteiger partial charge in [-0.15, -0.1) is 0 Å². The zero-order chi connectivity index (χ0) is 12.1. The van der Waals surface area contributed by atoms with Crippen LogP contribution in [0.25, 0.3) is 0 Å². The Bertz CT molecular complexity index is 401. The van der Waals surface area contributed by atoms with Crippen molar-refractivity contribution in [3.8, 4) is 0 Å². The second-order valence-corrected chi connectivity index (χ2v) is 4.33. The van der Waals surface area contributed by atoms with Gasteiger partial charge < -0.3 is 4.74 Å². The van der Waals surface area contributed by atoms with E-state index in [1.54, 1.807) is 6.92 Å². The normalized spacial score (nSPS) is 11.9. The smallest absolute Gasteiger partial charge is 0.315 e. The van der Waals surface area contributed by atoms with Gasteiger partial charge in [-0.2, -0.15) is 0 Å². The molecule has 4 heteroatoms. The monoisotopic (exact) mass is 284 g/mol. The Morgan fingerprint density at radius 2 is 2.00 bits per heavy atom. The third-order valence-corrected chi connectivity index (χ3v) is 3.13. The van der Waals surface area contributed by atoms with E-state index in [2.05, 4.69) is 20.7 Å². The molecule has 86 valence electrons. The summed E-state index contributed by atoms with van der Waals surface area (Å²) in [5, 5.41) is 0. The fraction of sp³-hybridized carbons (Fsp3) is 0.333. The molecule has 1 rings (SSSR count). The predicted molar refractivity (Wildman–Crippen MR) is 64.0 cm³/mol. The van der Waals surface area contributed by atoms with Crippen LogP contribution >= 0.6 is 15.9 Å². The Labute approximate surface area is 103 Å². The maximum Gasteiger partial charge on any atom is 0.315 e. The molecule has 1 aromatic carbocycles. The van der Waals surface area contributed by atoms with Crippen molar-refractivity contribution in [2.75, 3.05) is 7.11 Å². The Hall–Kier alpha value is -1.16. The van der Waals surface area contributed by atoms with Gasteiger partial charge in [0, 0.05) is 10.9 Å². The zero-order valence-electron chi connectivity index (χ0n) is 9.20. The van der Waals surface area contributed by atoms with E-state index >= 15 is 0 Å². The number of halogens is 1. The van der Waals surface area contributed by atoms with Crippen molar-refractivity contribution >= 4 is 27.7 Å². The molecule has 0 aliphatic rings. The summed E-state index contributed by atoms with van der Waals surface area (Å²) in [7, 11) is 1.28. The summed E-state index contributed by atoms with van der Waals surface area (Å²) in [6, 6.07) is 7.45. The lowest BCUT2D eigenvalue weighted by Crippen LogP contribution is -2.23. The van der Waals surface area contributed by atoms with Crippen LogP contribution in [-0.2, 0) is 20.7 Å². The van der Waals surface area contributed by atoms with Crippen LogP contribution in [0, 0.1) is 5.92 Å². The number of carbonyl (C=O) groups excluding carboxylic acids is 2. The lowest BCUT2D eigenvalue weighted by Gasteiger charge is -2.08. The number of hydrogen-bond donors (Lipinski definition) is 0. The van der Waals surface area contributed by atoms with Crippen molar-refractivity contribution in [1.29, 1.82) is 0 Å². The molecule has 0 bridgehead atoms. The molecule has 1 unspecified atom stereocenters. The van der Waals surface area contributed by atoms with Crippen LogP contribution in [0.3, 0.4) is 0 Å². The molecule has 0 saturated carbocycles. The fourth-order valence-corrected chi connectivity index (χ4v) is 1.72. The molecule has 0 radical (unpaired) electrons. The Kier molecular flexibility index (Phi) is 4.68. The number of carbonyl (C=O) groups is 2. The summed E-state index contributed by atoms with van der Waals surface area (Å²) in [5.74, 6) is -1.34. The highest BCUT2D eigenvalue weighted by Crippen LogP contribution is 2.18. The first kappa shape index (κ1) is 12.9. The van der Waals surface area contributed by atoms with Crippen LogP contribution < -0.4 is 0 Å². The van der Waals surface area contributed by atoms with Crippen molar-refractivity contribution in [3.05, 3.63) is 34.3 Å². The molecular weight excluding hydrogens is 272 g/mol. The third kappa shape index (κ3) is 3.17. The molecular formula is C12H13BrO3. The first-order valence-electron chi connectivity index (χ1n) is 4.90. The van der Waals surface area contributed by atoms with Gasteiger partial charge in [0.05, 0.1) is 7.11 Å². The first-order valence-corrected chi connectivity index (χ1v) is 5.69. The van der Waals surface area contributed by atoms with E-state index in [9.17, 15) is 9.59 Å². The quantitative estimate of drug-likeness (QED) is 0.630. The minimum Gasteiger partial charge on any atom is -0.468 e. The number of esters is 1. The number of benzene rings is 1. The number of hydrogen-bond acceptors (Lipinski definition) is 3. The number of methoxy groups -OCH3 is 1. The largest absolute Gasteiger partial charge is 0.468 e. The van der Waals surface area contributed by atoms with Gasteiger partial charge in [-0.3, -0.25) is 9.59 Å².